The van der Waals surface area contributed by atoms with Crippen LogP contribution in [-0.4, -0.2) is 12.6 Å². The number of rotatable bonds is 4. The highest BCUT2D eigenvalue weighted by Crippen LogP contribution is 2.28. The summed E-state index contributed by atoms with van der Waals surface area (Å²) >= 11 is 0. The van der Waals surface area contributed by atoms with Gasteiger partial charge < -0.3 is 13.9 Å². The lowest BCUT2D eigenvalue weighted by Gasteiger charge is -2.11. The number of hydrogen-bond acceptors (Lipinski definition) is 5. The van der Waals surface area contributed by atoms with Gasteiger partial charge in [-0.3, -0.25) is 0 Å². The maximum Gasteiger partial charge on any atom is 0.349 e. The van der Waals surface area contributed by atoms with Gasteiger partial charge in [-0.15, -0.1) is 0 Å². The fourth-order valence-corrected chi connectivity index (χ4v) is 2.62. The molecule has 0 saturated heterocycles. The second-order valence-corrected chi connectivity index (χ2v) is 5.84. The molecule has 0 amide bonds. The van der Waals surface area contributed by atoms with E-state index >= 15 is 0 Å². The Kier molecular flexibility index (Phi) is 4.57. The van der Waals surface area contributed by atoms with Crippen molar-refractivity contribution >= 4 is 16.9 Å². The van der Waals surface area contributed by atoms with Crippen molar-refractivity contribution in [1.29, 1.82) is 0 Å². The molecule has 0 bridgehead atoms. The second-order valence-electron chi connectivity index (χ2n) is 5.84. The van der Waals surface area contributed by atoms with Gasteiger partial charge in [0.05, 0.1) is 0 Å². The highest BCUT2D eigenvalue weighted by atomic mass is 16.6. The Morgan fingerprint density at radius 1 is 1.00 bits per heavy atom. The summed E-state index contributed by atoms with van der Waals surface area (Å²) in [5.41, 5.74) is 2.35. The molecule has 5 nitrogen and oxygen atoms in total. The minimum Gasteiger partial charge on any atom is -0.482 e. The molecule has 0 fully saturated rings. The van der Waals surface area contributed by atoms with Crippen LogP contribution in [0.15, 0.2) is 51.7 Å². The lowest BCUT2D eigenvalue weighted by Crippen LogP contribution is -2.18. The van der Waals surface area contributed by atoms with Crippen LogP contribution in [-0.2, 0) is 4.79 Å². The molecule has 3 aromatic rings. The first kappa shape index (κ1) is 16.8. The Bertz CT molecular complexity index is 1000. The number of carbonyl (C=O) groups excluding carboxylic acids is 1. The standard InChI is InChI=1S/C20H18O5/c1-12-6-4-5-7-16(12)23-11-19(22)24-17-9-8-15-13(2)10-18(21)25-20(15)14(17)3/h4-10H,11H2,1-3H3. The van der Waals surface area contributed by atoms with Crippen LogP contribution in [0.1, 0.15) is 16.7 Å². The smallest absolute Gasteiger partial charge is 0.349 e. The van der Waals surface area contributed by atoms with Crippen LogP contribution >= 0.6 is 0 Å². The molecule has 1 aromatic heterocycles. The zero-order chi connectivity index (χ0) is 18.0. The van der Waals surface area contributed by atoms with E-state index in [0.29, 0.717) is 22.6 Å². The van der Waals surface area contributed by atoms with Crippen molar-refractivity contribution in [3.05, 3.63) is 69.6 Å². The van der Waals surface area contributed by atoms with E-state index in [1.54, 1.807) is 25.1 Å². The summed E-state index contributed by atoms with van der Waals surface area (Å²) in [5, 5.41) is 0.813. The first-order valence-corrected chi connectivity index (χ1v) is 7.89. The SMILES string of the molecule is Cc1ccccc1OCC(=O)Oc1ccc2c(C)cc(=O)oc2c1C. The van der Waals surface area contributed by atoms with Gasteiger partial charge >= 0.3 is 11.6 Å². The van der Waals surface area contributed by atoms with Crippen molar-refractivity contribution in [2.24, 2.45) is 0 Å². The summed E-state index contributed by atoms with van der Waals surface area (Å²) in [4.78, 5) is 23.7. The average Bonchev–Trinajstić information content (AvgIpc) is 2.57. The summed E-state index contributed by atoms with van der Waals surface area (Å²) in [7, 11) is 0. The number of fused-ring (bicyclic) bond motifs is 1. The van der Waals surface area contributed by atoms with E-state index in [-0.39, 0.29) is 6.61 Å². The Balaban J connectivity index is 1.78. The predicted molar refractivity (Wildman–Crippen MR) is 94.3 cm³/mol. The molecule has 0 aliphatic carbocycles. The van der Waals surface area contributed by atoms with Gasteiger partial charge in [-0.05, 0) is 50.1 Å². The Morgan fingerprint density at radius 3 is 2.52 bits per heavy atom. The normalized spacial score (nSPS) is 10.7. The number of hydrogen-bond donors (Lipinski definition) is 0. The van der Waals surface area contributed by atoms with Gasteiger partial charge in [0.1, 0.15) is 17.1 Å². The van der Waals surface area contributed by atoms with Gasteiger partial charge in [0, 0.05) is 17.0 Å². The highest BCUT2D eigenvalue weighted by molar-refractivity contribution is 5.86. The van der Waals surface area contributed by atoms with Crippen LogP contribution in [0.3, 0.4) is 0 Å². The van der Waals surface area contributed by atoms with Gasteiger partial charge in [-0.2, -0.15) is 0 Å². The van der Waals surface area contributed by atoms with Crippen molar-refractivity contribution in [1.82, 2.24) is 0 Å². The van der Waals surface area contributed by atoms with Crippen LogP contribution in [0, 0.1) is 20.8 Å². The largest absolute Gasteiger partial charge is 0.482 e. The monoisotopic (exact) mass is 338 g/mol. The fourth-order valence-electron chi connectivity index (χ4n) is 2.62. The van der Waals surface area contributed by atoms with E-state index in [9.17, 15) is 9.59 Å². The summed E-state index contributed by atoms with van der Waals surface area (Å²) in [5.74, 6) is 0.455. The highest BCUT2D eigenvalue weighted by Gasteiger charge is 2.14. The van der Waals surface area contributed by atoms with Crippen molar-refractivity contribution in [3.63, 3.8) is 0 Å². The number of ether oxygens (including phenoxy) is 2. The molecule has 5 heteroatoms. The third-order valence-electron chi connectivity index (χ3n) is 3.98. The van der Waals surface area contributed by atoms with E-state index in [1.165, 1.54) is 6.07 Å². The number of benzene rings is 2. The molecule has 3 rings (SSSR count). The number of esters is 1. The summed E-state index contributed by atoms with van der Waals surface area (Å²) < 4.78 is 16.1. The van der Waals surface area contributed by atoms with Crippen molar-refractivity contribution in [3.8, 4) is 11.5 Å². The number of carbonyl (C=O) groups is 1. The minimum atomic E-state index is -0.527. The van der Waals surface area contributed by atoms with E-state index in [0.717, 1.165) is 16.5 Å². The van der Waals surface area contributed by atoms with Crippen LogP contribution in [0.4, 0.5) is 0 Å². The maximum absolute atomic E-state index is 12.1. The Hall–Kier alpha value is -3.08. The quantitative estimate of drug-likeness (QED) is 0.412. The van der Waals surface area contributed by atoms with Gasteiger partial charge in [0.15, 0.2) is 6.61 Å². The molecule has 0 spiro atoms. The van der Waals surface area contributed by atoms with Gasteiger partial charge in [0.25, 0.3) is 0 Å². The lowest BCUT2D eigenvalue weighted by molar-refractivity contribution is -0.136. The predicted octanol–water partition coefficient (Wildman–Crippen LogP) is 3.70. The topological polar surface area (TPSA) is 65.7 Å². The fraction of sp³-hybridized carbons (Fsp3) is 0.200. The zero-order valence-corrected chi connectivity index (χ0v) is 14.3. The molecule has 0 N–H and O–H groups in total. The number of aryl methyl sites for hydroxylation is 3. The summed E-state index contributed by atoms with van der Waals surface area (Å²) in [6.07, 6.45) is 0. The van der Waals surface area contributed by atoms with Crippen LogP contribution in [0.25, 0.3) is 11.0 Å². The molecule has 0 aliphatic heterocycles. The van der Waals surface area contributed by atoms with Gasteiger partial charge in [-0.25, -0.2) is 9.59 Å². The van der Waals surface area contributed by atoms with E-state index in [2.05, 4.69) is 0 Å². The summed E-state index contributed by atoms with van der Waals surface area (Å²) in [6, 6.07) is 12.3. The first-order valence-electron chi connectivity index (χ1n) is 7.89. The molecule has 2 aromatic carbocycles. The second kappa shape index (κ2) is 6.81. The molecule has 128 valence electrons. The van der Waals surface area contributed by atoms with Crippen LogP contribution in [0.2, 0.25) is 0 Å². The summed E-state index contributed by atoms with van der Waals surface area (Å²) in [6.45, 7) is 5.27. The lowest BCUT2D eigenvalue weighted by atomic mass is 10.1. The first-order chi connectivity index (χ1) is 12.0. The Labute approximate surface area is 144 Å². The van der Waals surface area contributed by atoms with Gasteiger partial charge in [-0.1, -0.05) is 18.2 Å². The van der Waals surface area contributed by atoms with E-state index in [1.807, 2.05) is 32.0 Å². The molecule has 0 aliphatic rings. The van der Waals surface area contributed by atoms with Crippen LogP contribution < -0.4 is 15.1 Å². The average molecular weight is 338 g/mol. The number of para-hydroxylation sites is 1. The third kappa shape index (κ3) is 3.55. The molecule has 1 heterocycles. The Morgan fingerprint density at radius 2 is 1.76 bits per heavy atom. The van der Waals surface area contributed by atoms with Gasteiger partial charge in [0.2, 0.25) is 0 Å². The zero-order valence-electron chi connectivity index (χ0n) is 14.3. The van der Waals surface area contributed by atoms with E-state index in [4.69, 9.17) is 13.9 Å². The molecule has 25 heavy (non-hydrogen) atoms. The van der Waals surface area contributed by atoms with Crippen LogP contribution in [0.5, 0.6) is 11.5 Å². The minimum absolute atomic E-state index is 0.208. The third-order valence-corrected chi connectivity index (χ3v) is 3.98. The molecule has 0 radical (unpaired) electrons. The molecular weight excluding hydrogens is 320 g/mol. The molecule has 0 unspecified atom stereocenters. The molecule has 0 atom stereocenters. The molecular formula is C20H18O5. The van der Waals surface area contributed by atoms with Crippen molar-refractivity contribution in [2.45, 2.75) is 20.8 Å². The maximum atomic E-state index is 12.1. The van der Waals surface area contributed by atoms with E-state index < -0.39 is 11.6 Å². The van der Waals surface area contributed by atoms with Crippen molar-refractivity contribution < 1.29 is 18.7 Å². The van der Waals surface area contributed by atoms with Crippen molar-refractivity contribution in [2.75, 3.05) is 6.61 Å². The molecule has 0 saturated carbocycles.